The van der Waals surface area contributed by atoms with E-state index in [-0.39, 0.29) is 30.6 Å². The standard InChI is InChI=1S/C21H25ClN2O3S.C18H21ClN2O3S/c1-24(21-23-18(13-28-21)16-9-5-6-10-17(16)22)20(27)15(12-19(25)26)11-14-7-3-2-4-8-14;1-11(2)8-12(9-16(22)23)17(24)21(3)18-20-15(10-25-18)13-6-4-5-7-14(13)19/h5-6,9-10,13-15H,2-4,7-8,11-12H2,1H3,(H,25,26);4-7,10-12H,8-9H2,1-3H3,(H,22,23)/t15-;12-/m11/s1. The van der Waals surface area contributed by atoms with Gasteiger partial charge in [-0.05, 0) is 36.8 Å². The Kier molecular flexibility index (Phi) is 15.8. The van der Waals surface area contributed by atoms with Gasteiger partial charge in [-0.25, -0.2) is 9.97 Å². The largest absolute Gasteiger partial charge is 0.481 e. The summed E-state index contributed by atoms with van der Waals surface area (Å²) in [6.45, 7) is 3.95. The molecule has 14 heteroatoms. The predicted molar refractivity (Wildman–Crippen MR) is 214 cm³/mol. The lowest BCUT2D eigenvalue weighted by Gasteiger charge is -2.27. The van der Waals surface area contributed by atoms with Gasteiger partial charge in [-0.1, -0.05) is 106 Å². The molecule has 2 aromatic carbocycles. The van der Waals surface area contributed by atoms with E-state index in [4.69, 9.17) is 28.3 Å². The molecule has 1 saturated carbocycles. The van der Waals surface area contributed by atoms with E-state index in [0.717, 1.165) is 24.0 Å². The Morgan fingerprint density at radius 1 is 0.736 bits per heavy atom. The van der Waals surface area contributed by atoms with Gasteiger partial charge < -0.3 is 10.2 Å². The fraction of sp³-hybridized carbons (Fsp3) is 0.436. The Balaban J connectivity index is 0.000000238. The number of carboxylic acid groups (broad SMARTS) is 2. The molecule has 0 radical (unpaired) electrons. The summed E-state index contributed by atoms with van der Waals surface area (Å²) in [6.07, 6.45) is 6.59. The minimum absolute atomic E-state index is 0.136. The van der Waals surface area contributed by atoms with Gasteiger partial charge in [0.05, 0.1) is 24.2 Å². The second kappa shape index (κ2) is 20.0. The van der Waals surface area contributed by atoms with Crippen molar-refractivity contribution in [3.63, 3.8) is 0 Å². The molecule has 2 N–H and O–H groups in total. The number of carbonyl (C=O) groups excluding carboxylic acids is 2. The maximum atomic E-state index is 13.1. The number of anilines is 2. The number of aliphatic carboxylic acids is 2. The van der Waals surface area contributed by atoms with Crippen molar-refractivity contribution in [2.45, 2.75) is 71.6 Å². The van der Waals surface area contributed by atoms with Crippen molar-refractivity contribution in [3.8, 4) is 22.5 Å². The number of aromatic nitrogens is 2. The third-order valence-electron chi connectivity index (χ3n) is 9.16. The molecule has 0 aliphatic heterocycles. The summed E-state index contributed by atoms with van der Waals surface area (Å²) in [4.78, 5) is 60.2. The van der Waals surface area contributed by atoms with Crippen molar-refractivity contribution >= 4 is 79.9 Å². The fourth-order valence-electron chi connectivity index (χ4n) is 6.52. The zero-order valence-electron chi connectivity index (χ0n) is 30.3. The highest BCUT2D eigenvalue weighted by atomic mass is 35.5. The summed E-state index contributed by atoms with van der Waals surface area (Å²) in [6, 6.07) is 14.8. The first-order chi connectivity index (χ1) is 25.2. The maximum Gasteiger partial charge on any atom is 0.304 e. The van der Waals surface area contributed by atoms with E-state index in [0.29, 0.717) is 50.5 Å². The highest BCUT2D eigenvalue weighted by Crippen LogP contribution is 2.35. The lowest BCUT2D eigenvalue weighted by Crippen LogP contribution is -2.35. The van der Waals surface area contributed by atoms with Crippen molar-refractivity contribution < 1.29 is 29.4 Å². The van der Waals surface area contributed by atoms with Gasteiger partial charge in [-0.15, -0.1) is 22.7 Å². The monoisotopic (exact) mass is 800 g/mol. The van der Waals surface area contributed by atoms with Crippen LogP contribution in [0.1, 0.15) is 71.6 Å². The lowest BCUT2D eigenvalue weighted by atomic mass is 9.81. The van der Waals surface area contributed by atoms with Crippen molar-refractivity contribution in [1.29, 1.82) is 0 Å². The van der Waals surface area contributed by atoms with Gasteiger partial charge >= 0.3 is 11.9 Å². The van der Waals surface area contributed by atoms with E-state index in [2.05, 4.69) is 9.97 Å². The number of halogens is 2. The Labute approximate surface area is 328 Å². The molecule has 2 atom stereocenters. The van der Waals surface area contributed by atoms with E-state index in [9.17, 15) is 24.3 Å². The Bertz CT molecular complexity index is 1860. The molecule has 5 rings (SSSR count). The molecule has 0 bridgehead atoms. The normalized spacial score (nSPS) is 14.2. The van der Waals surface area contributed by atoms with Crippen molar-refractivity contribution in [2.24, 2.45) is 23.7 Å². The number of thiazole rings is 2. The van der Waals surface area contributed by atoms with E-state index in [1.807, 2.05) is 61.0 Å². The van der Waals surface area contributed by atoms with Crippen LogP contribution in [0.5, 0.6) is 0 Å². The van der Waals surface area contributed by atoms with Crippen LogP contribution in [0.2, 0.25) is 10.0 Å². The van der Waals surface area contributed by atoms with Crippen LogP contribution in [0, 0.1) is 23.7 Å². The summed E-state index contributed by atoms with van der Waals surface area (Å²) in [5, 5.41) is 24.4. The van der Waals surface area contributed by atoms with Crippen molar-refractivity contribution in [3.05, 3.63) is 69.3 Å². The Morgan fingerprint density at radius 2 is 1.17 bits per heavy atom. The number of nitrogens with zero attached hydrogens (tertiary/aromatic N) is 4. The second-order valence-corrected chi connectivity index (χ2v) is 16.2. The third-order valence-corrected chi connectivity index (χ3v) is 11.7. The number of carbonyl (C=O) groups is 4. The number of hydrogen-bond acceptors (Lipinski definition) is 8. The first kappa shape index (κ1) is 41.9. The topological polar surface area (TPSA) is 141 Å². The van der Waals surface area contributed by atoms with Crippen LogP contribution in [0.25, 0.3) is 22.5 Å². The SMILES string of the molecule is CC(C)C[C@H](CC(=O)O)C(=O)N(C)c1nc(-c2ccccc2Cl)cs1.CN(C(=O)[C@@H](CC(=O)O)CC1CCCCC1)c1nc(-c2ccccc2Cl)cs1. The molecule has 10 nitrogen and oxygen atoms in total. The lowest BCUT2D eigenvalue weighted by molar-refractivity contribution is -0.141. The second-order valence-electron chi connectivity index (χ2n) is 13.7. The minimum atomic E-state index is -0.969. The summed E-state index contributed by atoms with van der Waals surface area (Å²) in [5.74, 6) is -2.71. The van der Waals surface area contributed by atoms with Gasteiger partial charge in [0.25, 0.3) is 0 Å². The van der Waals surface area contributed by atoms with Gasteiger partial charge in [0, 0.05) is 57.9 Å². The van der Waals surface area contributed by atoms with Crippen LogP contribution in [0.3, 0.4) is 0 Å². The number of benzene rings is 2. The number of hydrogen-bond donors (Lipinski definition) is 2. The first-order valence-corrected chi connectivity index (χ1v) is 20.2. The van der Waals surface area contributed by atoms with E-state index in [1.165, 1.54) is 51.7 Å². The van der Waals surface area contributed by atoms with Crippen LogP contribution in [-0.2, 0) is 19.2 Å². The first-order valence-electron chi connectivity index (χ1n) is 17.6. The highest BCUT2D eigenvalue weighted by Gasteiger charge is 2.31. The molecule has 2 heterocycles. The number of amides is 2. The van der Waals surface area contributed by atoms with Crippen LogP contribution in [-0.4, -0.2) is 58.0 Å². The van der Waals surface area contributed by atoms with E-state index >= 15 is 0 Å². The molecule has 0 spiro atoms. The third kappa shape index (κ3) is 12.1. The summed E-state index contributed by atoms with van der Waals surface area (Å²) < 4.78 is 0. The molecule has 53 heavy (non-hydrogen) atoms. The average Bonchev–Trinajstić information content (AvgIpc) is 3.82. The predicted octanol–water partition coefficient (Wildman–Crippen LogP) is 10.1. The Morgan fingerprint density at radius 3 is 1.60 bits per heavy atom. The summed E-state index contributed by atoms with van der Waals surface area (Å²) in [7, 11) is 3.31. The minimum Gasteiger partial charge on any atom is -0.481 e. The quantitative estimate of drug-likeness (QED) is 0.128. The summed E-state index contributed by atoms with van der Waals surface area (Å²) >= 11 is 15.1. The highest BCUT2D eigenvalue weighted by molar-refractivity contribution is 7.14. The fourth-order valence-corrected chi connectivity index (χ4v) is 8.57. The van der Waals surface area contributed by atoms with Crippen LogP contribution in [0.15, 0.2) is 59.3 Å². The molecule has 4 aromatic rings. The molecule has 1 aliphatic rings. The van der Waals surface area contributed by atoms with Crippen LogP contribution >= 0.6 is 45.9 Å². The molecule has 2 amide bonds. The molecule has 1 aliphatic carbocycles. The van der Waals surface area contributed by atoms with Crippen LogP contribution in [0.4, 0.5) is 10.3 Å². The molecule has 0 unspecified atom stereocenters. The van der Waals surface area contributed by atoms with Gasteiger partial charge in [0.15, 0.2) is 10.3 Å². The maximum absolute atomic E-state index is 13.1. The van der Waals surface area contributed by atoms with Gasteiger partial charge in [-0.3, -0.25) is 29.0 Å². The summed E-state index contributed by atoms with van der Waals surface area (Å²) in [5.41, 5.74) is 3.03. The average molecular weight is 802 g/mol. The number of rotatable bonds is 14. The molecule has 1 fully saturated rings. The van der Waals surface area contributed by atoms with Crippen LogP contribution < -0.4 is 9.80 Å². The zero-order valence-corrected chi connectivity index (χ0v) is 33.5. The molecule has 284 valence electrons. The number of carboxylic acids is 2. The molecule has 2 aromatic heterocycles. The van der Waals surface area contributed by atoms with Gasteiger partial charge in [0.1, 0.15) is 0 Å². The zero-order chi connectivity index (χ0) is 38.7. The molecular formula is C39H46Cl2N4O6S2. The van der Waals surface area contributed by atoms with E-state index in [1.54, 1.807) is 26.2 Å². The van der Waals surface area contributed by atoms with Crippen molar-refractivity contribution in [1.82, 2.24) is 9.97 Å². The smallest absolute Gasteiger partial charge is 0.304 e. The van der Waals surface area contributed by atoms with Gasteiger partial charge in [0.2, 0.25) is 11.8 Å². The Hall–Kier alpha value is -3.84. The molecule has 0 saturated heterocycles. The van der Waals surface area contributed by atoms with Crippen molar-refractivity contribution in [2.75, 3.05) is 23.9 Å². The van der Waals surface area contributed by atoms with E-state index < -0.39 is 23.8 Å². The van der Waals surface area contributed by atoms with Gasteiger partial charge in [-0.2, -0.15) is 0 Å². The molecular weight excluding hydrogens is 755 g/mol.